The zero-order valence-corrected chi connectivity index (χ0v) is 14.9. The van der Waals surface area contributed by atoms with Crippen LogP contribution in [0.3, 0.4) is 0 Å². The number of nitrogens with zero attached hydrogens (tertiary/aromatic N) is 3. The average Bonchev–Trinajstić information content (AvgIpc) is 2.97. The molecule has 0 atom stereocenters. The molecule has 7 heteroatoms. The number of thioether (sulfide) groups is 1. The van der Waals surface area contributed by atoms with Gasteiger partial charge in [-0.1, -0.05) is 0 Å². The summed E-state index contributed by atoms with van der Waals surface area (Å²) in [6, 6.07) is 7.79. The predicted octanol–water partition coefficient (Wildman–Crippen LogP) is 2.86. The van der Waals surface area contributed by atoms with Gasteiger partial charge < -0.3 is 9.64 Å². The lowest BCUT2D eigenvalue weighted by molar-refractivity contribution is -0.131. The number of rotatable bonds is 4. The molecule has 22 heavy (non-hydrogen) atoms. The molecule has 0 bridgehead atoms. The van der Waals surface area contributed by atoms with E-state index in [4.69, 9.17) is 4.74 Å². The van der Waals surface area contributed by atoms with Crippen LogP contribution in [-0.2, 0) is 11.3 Å². The van der Waals surface area contributed by atoms with Gasteiger partial charge >= 0.3 is 0 Å². The zero-order chi connectivity index (χ0) is 15.4. The van der Waals surface area contributed by atoms with Crippen LogP contribution in [0, 0.1) is 3.57 Å². The van der Waals surface area contributed by atoms with Crippen molar-refractivity contribution in [2.24, 2.45) is 0 Å². The van der Waals surface area contributed by atoms with Gasteiger partial charge in [-0.15, -0.1) is 0 Å². The second-order valence-electron chi connectivity index (χ2n) is 4.92. The first-order chi connectivity index (χ1) is 10.7. The van der Waals surface area contributed by atoms with Gasteiger partial charge in [-0.2, -0.15) is 16.9 Å². The number of halogens is 1. The summed E-state index contributed by atoms with van der Waals surface area (Å²) in [7, 11) is 0. The normalized spacial score (nSPS) is 14.9. The molecular weight excluding hydrogens is 413 g/mol. The van der Waals surface area contributed by atoms with Crippen molar-refractivity contribution in [3.8, 4) is 11.5 Å². The number of amides is 1. The Bertz CT molecular complexity index is 638. The van der Waals surface area contributed by atoms with Crippen LogP contribution in [-0.4, -0.2) is 45.2 Å². The minimum absolute atomic E-state index is 0.115. The van der Waals surface area contributed by atoms with E-state index in [-0.39, 0.29) is 12.5 Å². The van der Waals surface area contributed by atoms with Crippen molar-refractivity contribution in [1.82, 2.24) is 14.7 Å². The number of carbonyl (C=O) groups excluding carboxylic acids is 1. The van der Waals surface area contributed by atoms with Crippen molar-refractivity contribution < 1.29 is 9.53 Å². The van der Waals surface area contributed by atoms with Crippen LogP contribution < -0.4 is 4.74 Å². The fourth-order valence-electron chi connectivity index (χ4n) is 2.17. The van der Waals surface area contributed by atoms with Gasteiger partial charge in [0.15, 0.2) is 5.75 Å². The maximum absolute atomic E-state index is 12.2. The summed E-state index contributed by atoms with van der Waals surface area (Å²) in [6.45, 7) is 1.92. The molecule has 0 N–H and O–H groups in total. The highest BCUT2D eigenvalue weighted by Crippen LogP contribution is 2.21. The van der Waals surface area contributed by atoms with Crippen molar-refractivity contribution in [3.63, 3.8) is 0 Å². The van der Waals surface area contributed by atoms with Crippen molar-refractivity contribution in [2.75, 3.05) is 24.6 Å². The van der Waals surface area contributed by atoms with Crippen molar-refractivity contribution >= 4 is 40.3 Å². The van der Waals surface area contributed by atoms with Crippen molar-refractivity contribution in [3.05, 3.63) is 40.2 Å². The van der Waals surface area contributed by atoms with Gasteiger partial charge in [-0.05, 0) is 46.9 Å². The Morgan fingerprint density at radius 3 is 2.68 bits per heavy atom. The molecule has 0 radical (unpaired) electrons. The fraction of sp³-hybridized carbons (Fsp3) is 0.333. The lowest BCUT2D eigenvalue weighted by Gasteiger charge is -2.26. The first kappa shape index (κ1) is 15.7. The summed E-state index contributed by atoms with van der Waals surface area (Å²) in [5, 5.41) is 4.20. The molecule has 0 saturated carbocycles. The van der Waals surface area contributed by atoms with E-state index in [0.717, 1.165) is 33.9 Å². The van der Waals surface area contributed by atoms with E-state index in [0.29, 0.717) is 5.75 Å². The number of aromatic nitrogens is 2. The first-order valence-corrected chi connectivity index (χ1v) is 9.25. The van der Waals surface area contributed by atoms with Gasteiger partial charge in [0.1, 0.15) is 12.3 Å². The summed E-state index contributed by atoms with van der Waals surface area (Å²) in [6.07, 6.45) is 3.39. The smallest absolute Gasteiger partial charge is 0.244 e. The monoisotopic (exact) mass is 429 g/mol. The van der Waals surface area contributed by atoms with Crippen LogP contribution in [0.4, 0.5) is 0 Å². The average molecular weight is 429 g/mol. The molecule has 0 unspecified atom stereocenters. The summed E-state index contributed by atoms with van der Waals surface area (Å²) in [4.78, 5) is 14.1. The molecule has 3 rings (SSSR count). The topological polar surface area (TPSA) is 47.4 Å². The highest BCUT2D eigenvalue weighted by Gasteiger charge is 2.17. The number of ether oxygens (including phenoxy) is 1. The Labute approximate surface area is 147 Å². The molecule has 2 heterocycles. The Kier molecular flexibility index (Phi) is 5.24. The third-order valence-electron chi connectivity index (χ3n) is 3.32. The third-order valence-corrected chi connectivity index (χ3v) is 4.98. The maximum atomic E-state index is 12.2. The first-order valence-electron chi connectivity index (χ1n) is 7.02. The van der Waals surface area contributed by atoms with Gasteiger partial charge in [0.2, 0.25) is 5.91 Å². The Hall–Kier alpha value is -1.22. The van der Waals surface area contributed by atoms with Crippen LogP contribution in [0.5, 0.6) is 11.5 Å². The minimum atomic E-state index is 0.115. The van der Waals surface area contributed by atoms with E-state index in [2.05, 4.69) is 27.7 Å². The molecular formula is C15H16IN3O2S. The van der Waals surface area contributed by atoms with Crippen molar-refractivity contribution in [1.29, 1.82) is 0 Å². The Morgan fingerprint density at radius 1 is 1.23 bits per heavy atom. The summed E-state index contributed by atoms with van der Waals surface area (Å²) < 4.78 is 8.52. The summed E-state index contributed by atoms with van der Waals surface area (Å²) in [5.74, 6) is 3.56. The van der Waals surface area contributed by atoms with Crippen LogP contribution in [0.25, 0.3) is 0 Å². The van der Waals surface area contributed by atoms with E-state index < -0.39 is 0 Å². The number of carbonyl (C=O) groups is 1. The van der Waals surface area contributed by atoms with E-state index >= 15 is 0 Å². The molecule has 1 aromatic heterocycles. The number of hydrogen-bond donors (Lipinski definition) is 0. The molecule has 1 saturated heterocycles. The van der Waals surface area contributed by atoms with Crippen LogP contribution >= 0.6 is 34.4 Å². The summed E-state index contributed by atoms with van der Waals surface area (Å²) in [5.41, 5.74) is 0. The van der Waals surface area contributed by atoms with Crippen LogP contribution in [0.1, 0.15) is 0 Å². The molecule has 1 aromatic carbocycles. The fourth-order valence-corrected chi connectivity index (χ4v) is 3.44. The maximum Gasteiger partial charge on any atom is 0.244 e. The third kappa shape index (κ3) is 4.16. The van der Waals surface area contributed by atoms with E-state index in [1.165, 1.54) is 0 Å². The minimum Gasteiger partial charge on any atom is -0.454 e. The lowest BCUT2D eigenvalue weighted by atomic mass is 10.3. The quantitative estimate of drug-likeness (QED) is 0.702. The molecule has 0 spiro atoms. The largest absolute Gasteiger partial charge is 0.454 e. The van der Waals surface area contributed by atoms with Gasteiger partial charge in [-0.25, -0.2) is 0 Å². The predicted molar refractivity (Wildman–Crippen MR) is 95.4 cm³/mol. The number of hydrogen-bond acceptors (Lipinski definition) is 4. The molecule has 116 valence electrons. The molecule has 1 aliphatic heterocycles. The van der Waals surface area contributed by atoms with Crippen molar-refractivity contribution in [2.45, 2.75) is 6.54 Å². The SMILES string of the molecule is O=C(Cn1cc(Oc2ccc(I)cc2)cn1)N1CCSCC1. The molecule has 1 aliphatic rings. The van der Waals surface area contributed by atoms with Gasteiger partial charge in [0, 0.05) is 28.2 Å². The molecule has 1 fully saturated rings. The van der Waals surface area contributed by atoms with Crippen LogP contribution in [0.15, 0.2) is 36.7 Å². The van der Waals surface area contributed by atoms with E-state index in [1.807, 2.05) is 40.9 Å². The Morgan fingerprint density at radius 2 is 1.95 bits per heavy atom. The molecule has 2 aromatic rings. The standard InChI is InChI=1S/C15H16IN3O2S/c16-12-1-3-13(4-2-12)21-14-9-17-19(10-14)11-15(20)18-5-7-22-8-6-18/h1-4,9-10H,5-8,11H2. The molecule has 5 nitrogen and oxygen atoms in total. The van der Waals surface area contributed by atoms with Gasteiger partial charge in [0.25, 0.3) is 0 Å². The molecule has 0 aliphatic carbocycles. The van der Waals surface area contributed by atoms with Gasteiger partial charge in [-0.3, -0.25) is 9.48 Å². The zero-order valence-electron chi connectivity index (χ0n) is 11.9. The van der Waals surface area contributed by atoms with Crippen LogP contribution in [0.2, 0.25) is 0 Å². The lowest BCUT2D eigenvalue weighted by Crippen LogP contribution is -2.39. The summed E-state index contributed by atoms with van der Waals surface area (Å²) >= 11 is 4.14. The van der Waals surface area contributed by atoms with Gasteiger partial charge in [0.05, 0.1) is 12.4 Å². The Balaban J connectivity index is 1.58. The molecule has 1 amide bonds. The second kappa shape index (κ2) is 7.36. The van der Waals surface area contributed by atoms with E-state index in [9.17, 15) is 4.79 Å². The second-order valence-corrected chi connectivity index (χ2v) is 7.39. The van der Waals surface area contributed by atoms with E-state index in [1.54, 1.807) is 17.1 Å². The highest BCUT2D eigenvalue weighted by molar-refractivity contribution is 14.1. The highest BCUT2D eigenvalue weighted by atomic mass is 127. The number of benzene rings is 1.